The van der Waals surface area contributed by atoms with Crippen LogP contribution in [-0.2, 0) is 10.4 Å². The normalized spacial score (nSPS) is 15.9. The summed E-state index contributed by atoms with van der Waals surface area (Å²) >= 11 is 12.2. The van der Waals surface area contributed by atoms with Crippen molar-refractivity contribution in [2.45, 2.75) is 37.7 Å². The first-order chi connectivity index (χ1) is 14.4. The number of benzene rings is 2. The van der Waals surface area contributed by atoms with Gasteiger partial charge in [-0.2, -0.15) is 0 Å². The van der Waals surface area contributed by atoms with Crippen molar-refractivity contribution in [1.29, 1.82) is 0 Å². The van der Waals surface area contributed by atoms with Gasteiger partial charge in [0.1, 0.15) is 5.60 Å². The lowest BCUT2D eigenvalue weighted by Gasteiger charge is -2.42. The molecule has 1 saturated heterocycles. The third-order valence-electron chi connectivity index (χ3n) is 6.15. The van der Waals surface area contributed by atoms with Crippen molar-refractivity contribution in [3.63, 3.8) is 0 Å². The summed E-state index contributed by atoms with van der Waals surface area (Å²) in [7, 11) is 1.68. The fourth-order valence-electron chi connectivity index (χ4n) is 4.37. The SMILES string of the molecule is CNC(=O)CCCCN1CCC(C(O)(c2ccc(Cl)cc2)c2ccc(Cl)cc2)CC1. The summed E-state index contributed by atoms with van der Waals surface area (Å²) in [5.41, 5.74) is 0.636. The summed E-state index contributed by atoms with van der Waals surface area (Å²) in [5.74, 6) is 0.201. The van der Waals surface area contributed by atoms with Gasteiger partial charge in [-0.3, -0.25) is 4.79 Å². The molecule has 0 spiro atoms. The number of aliphatic hydroxyl groups is 1. The molecule has 6 heteroatoms. The molecule has 0 aromatic heterocycles. The Morgan fingerprint density at radius 1 is 1.00 bits per heavy atom. The summed E-state index contributed by atoms with van der Waals surface area (Å²) in [6.07, 6.45) is 4.30. The average molecular weight is 449 g/mol. The quantitative estimate of drug-likeness (QED) is 0.566. The summed E-state index contributed by atoms with van der Waals surface area (Å²) < 4.78 is 0. The van der Waals surface area contributed by atoms with Crippen molar-refractivity contribution < 1.29 is 9.90 Å². The van der Waals surface area contributed by atoms with Gasteiger partial charge in [-0.05, 0) is 86.6 Å². The topological polar surface area (TPSA) is 52.6 Å². The van der Waals surface area contributed by atoms with Gasteiger partial charge < -0.3 is 15.3 Å². The molecule has 0 atom stereocenters. The number of likely N-dealkylation sites (tertiary alicyclic amines) is 1. The van der Waals surface area contributed by atoms with Crippen molar-refractivity contribution in [3.8, 4) is 0 Å². The van der Waals surface area contributed by atoms with Crippen LogP contribution in [0, 0.1) is 5.92 Å². The molecule has 2 aromatic carbocycles. The Hall–Kier alpha value is -1.59. The second kappa shape index (κ2) is 10.6. The van der Waals surface area contributed by atoms with Crippen LogP contribution in [0.15, 0.2) is 48.5 Å². The molecule has 162 valence electrons. The highest BCUT2D eigenvalue weighted by Gasteiger charge is 2.41. The molecule has 1 aliphatic rings. The Balaban J connectivity index is 1.69. The van der Waals surface area contributed by atoms with Gasteiger partial charge >= 0.3 is 0 Å². The first kappa shape index (κ1) is 23.1. The van der Waals surface area contributed by atoms with Gasteiger partial charge in [-0.15, -0.1) is 0 Å². The van der Waals surface area contributed by atoms with E-state index in [0.717, 1.165) is 56.4 Å². The zero-order chi connectivity index (χ0) is 21.6. The van der Waals surface area contributed by atoms with Gasteiger partial charge in [-0.1, -0.05) is 47.5 Å². The molecule has 0 aliphatic carbocycles. The standard InChI is InChI=1S/C24H30Cl2N2O2/c1-27-23(29)4-2-3-15-28-16-13-20(14-17-28)24(30,18-5-9-21(25)10-6-18)19-7-11-22(26)12-8-19/h5-12,20,30H,2-4,13-17H2,1H3,(H,27,29). The fraction of sp³-hybridized carbons (Fsp3) is 0.458. The lowest BCUT2D eigenvalue weighted by atomic mass is 9.72. The first-order valence-electron chi connectivity index (χ1n) is 10.6. The number of amides is 1. The number of carbonyl (C=O) groups is 1. The number of nitrogens with one attached hydrogen (secondary N) is 1. The molecule has 1 fully saturated rings. The minimum atomic E-state index is -1.08. The minimum Gasteiger partial charge on any atom is -0.380 e. The first-order valence-corrected chi connectivity index (χ1v) is 11.4. The van der Waals surface area contributed by atoms with E-state index in [9.17, 15) is 9.90 Å². The van der Waals surface area contributed by atoms with Gasteiger partial charge in [0.25, 0.3) is 0 Å². The molecule has 2 N–H and O–H groups in total. The van der Waals surface area contributed by atoms with Crippen molar-refractivity contribution in [3.05, 3.63) is 69.7 Å². The van der Waals surface area contributed by atoms with Crippen LogP contribution in [0.2, 0.25) is 10.0 Å². The molecule has 0 unspecified atom stereocenters. The van der Waals surface area contributed by atoms with Gasteiger partial charge in [-0.25, -0.2) is 0 Å². The summed E-state index contributed by atoms with van der Waals surface area (Å²) in [5, 5.41) is 16.0. The van der Waals surface area contributed by atoms with E-state index < -0.39 is 5.60 Å². The van der Waals surface area contributed by atoms with Crippen LogP contribution in [-0.4, -0.2) is 42.6 Å². The Labute approximate surface area is 189 Å². The van der Waals surface area contributed by atoms with Crippen molar-refractivity contribution >= 4 is 29.1 Å². The molecule has 2 aromatic rings. The van der Waals surface area contributed by atoms with Gasteiger partial charge in [0, 0.05) is 23.5 Å². The molecule has 1 aliphatic heterocycles. The van der Waals surface area contributed by atoms with E-state index >= 15 is 0 Å². The van der Waals surface area contributed by atoms with E-state index in [2.05, 4.69) is 10.2 Å². The van der Waals surface area contributed by atoms with E-state index in [1.165, 1.54) is 0 Å². The lowest BCUT2D eigenvalue weighted by molar-refractivity contribution is -0.120. The third-order valence-corrected chi connectivity index (χ3v) is 6.66. The van der Waals surface area contributed by atoms with Crippen molar-refractivity contribution in [2.24, 2.45) is 5.92 Å². The molecule has 3 rings (SSSR count). The molecule has 4 nitrogen and oxygen atoms in total. The van der Waals surface area contributed by atoms with E-state index in [-0.39, 0.29) is 11.8 Å². The molecule has 30 heavy (non-hydrogen) atoms. The maximum absolute atomic E-state index is 12.0. The smallest absolute Gasteiger partial charge is 0.219 e. The number of carbonyl (C=O) groups excluding carboxylic acids is 1. The highest BCUT2D eigenvalue weighted by Crippen LogP contribution is 2.42. The molecule has 0 bridgehead atoms. The third kappa shape index (κ3) is 5.55. The maximum atomic E-state index is 12.0. The van der Waals surface area contributed by atoms with Crippen LogP contribution >= 0.6 is 23.2 Å². The van der Waals surface area contributed by atoms with E-state index in [4.69, 9.17) is 23.2 Å². The highest BCUT2D eigenvalue weighted by atomic mass is 35.5. The number of halogens is 2. The van der Waals surface area contributed by atoms with E-state index in [0.29, 0.717) is 16.5 Å². The monoisotopic (exact) mass is 448 g/mol. The summed E-state index contributed by atoms with van der Waals surface area (Å²) in [6.45, 7) is 2.87. The van der Waals surface area contributed by atoms with Crippen LogP contribution in [0.1, 0.15) is 43.2 Å². The summed E-state index contributed by atoms with van der Waals surface area (Å²) in [6, 6.07) is 15.0. The molecular formula is C24H30Cl2N2O2. The van der Waals surface area contributed by atoms with E-state index in [1.54, 1.807) is 7.05 Å². The van der Waals surface area contributed by atoms with Crippen LogP contribution < -0.4 is 5.32 Å². The van der Waals surface area contributed by atoms with Crippen LogP contribution in [0.3, 0.4) is 0 Å². The summed E-state index contributed by atoms with van der Waals surface area (Å²) in [4.78, 5) is 13.8. The predicted octanol–water partition coefficient (Wildman–Crippen LogP) is 4.86. The minimum absolute atomic E-state index is 0.0990. The van der Waals surface area contributed by atoms with Crippen molar-refractivity contribution in [1.82, 2.24) is 10.2 Å². The number of hydrogen-bond donors (Lipinski definition) is 2. The number of rotatable bonds is 8. The zero-order valence-corrected chi connectivity index (χ0v) is 18.9. The number of unbranched alkanes of at least 4 members (excludes halogenated alkanes) is 1. The Bertz CT molecular complexity index is 771. The average Bonchev–Trinajstić information content (AvgIpc) is 2.77. The number of piperidine rings is 1. The largest absolute Gasteiger partial charge is 0.380 e. The molecule has 1 amide bonds. The molecular weight excluding hydrogens is 419 g/mol. The Kier molecular flexibility index (Phi) is 8.18. The van der Waals surface area contributed by atoms with Gasteiger partial charge in [0.15, 0.2) is 0 Å². The lowest BCUT2D eigenvalue weighted by Crippen LogP contribution is -2.44. The Morgan fingerprint density at radius 3 is 1.97 bits per heavy atom. The number of nitrogens with zero attached hydrogens (tertiary/aromatic N) is 1. The van der Waals surface area contributed by atoms with Crippen molar-refractivity contribution in [2.75, 3.05) is 26.7 Å². The predicted molar refractivity (Wildman–Crippen MR) is 123 cm³/mol. The molecule has 0 saturated carbocycles. The van der Waals surface area contributed by atoms with Crippen LogP contribution in [0.25, 0.3) is 0 Å². The van der Waals surface area contributed by atoms with Crippen LogP contribution in [0.4, 0.5) is 0 Å². The number of hydrogen-bond acceptors (Lipinski definition) is 3. The second-order valence-electron chi connectivity index (χ2n) is 8.03. The van der Waals surface area contributed by atoms with Crippen LogP contribution in [0.5, 0.6) is 0 Å². The fourth-order valence-corrected chi connectivity index (χ4v) is 4.62. The molecule has 0 radical (unpaired) electrons. The van der Waals surface area contributed by atoms with Gasteiger partial charge in [0.05, 0.1) is 0 Å². The Morgan fingerprint density at radius 2 is 1.50 bits per heavy atom. The zero-order valence-electron chi connectivity index (χ0n) is 17.4. The second-order valence-corrected chi connectivity index (χ2v) is 8.90. The highest BCUT2D eigenvalue weighted by molar-refractivity contribution is 6.30. The molecule has 1 heterocycles. The maximum Gasteiger partial charge on any atom is 0.219 e. The van der Waals surface area contributed by atoms with Gasteiger partial charge in [0.2, 0.25) is 5.91 Å². The van der Waals surface area contributed by atoms with E-state index in [1.807, 2.05) is 48.5 Å².